The van der Waals surface area contributed by atoms with Crippen LogP contribution in [0.2, 0.25) is 5.02 Å². The Hall–Kier alpha value is -1.02. The number of aryl methyl sites for hydroxylation is 1. The average molecular weight is 240 g/mol. The molecule has 1 amide bonds. The Bertz CT molecular complexity index is 334. The molecular weight excluding hydrogens is 222 g/mol. The summed E-state index contributed by atoms with van der Waals surface area (Å²) in [6.45, 7) is 4.07. The molecule has 0 heterocycles. The molecule has 0 radical (unpaired) electrons. The van der Waals surface area contributed by atoms with Crippen molar-refractivity contribution < 1.29 is 4.79 Å². The summed E-state index contributed by atoms with van der Waals surface area (Å²) >= 11 is 5.78. The minimum Gasteiger partial charge on any atom is -0.354 e. The molecule has 1 aromatic carbocycles. The van der Waals surface area contributed by atoms with E-state index in [1.54, 1.807) is 0 Å². The van der Waals surface area contributed by atoms with E-state index in [9.17, 15) is 4.79 Å². The van der Waals surface area contributed by atoms with Crippen LogP contribution in [0.4, 0.5) is 0 Å². The Labute approximate surface area is 102 Å². The molecule has 2 nitrogen and oxygen atoms in total. The molecule has 0 saturated carbocycles. The fourth-order valence-electron chi connectivity index (χ4n) is 1.36. The van der Waals surface area contributed by atoms with Crippen LogP contribution in [0.3, 0.4) is 0 Å². The van der Waals surface area contributed by atoms with Gasteiger partial charge in [0.25, 0.3) is 0 Å². The largest absolute Gasteiger partial charge is 0.354 e. The second-order valence-corrected chi connectivity index (χ2v) is 4.44. The van der Waals surface area contributed by atoms with Gasteiger partial charge >= 0.3 is 0 Å². The Balaban J connectivity index is 2.34. The standard InChI is InChI=1S/C13H18ClNO/c1-3-10(2)15-13(16)9-6-11-4-7-12(14)8-5-11/h4-5,7-8,10H,3,6,9H2,1-2H3,(H,15,16)/t10-/m0/s1. The highest BCUT2D eigenvalue weighted by Gasteiger charge is 2.05. The summed E-state index contributed by atoms with van der Waals surface area (Å²) < 4.78 is 0. The number of halogens is 1. The van der Waals surface area contributed by atoms with Gasteiger partial charge in [-0.3, -0.25) is 4.79 Å². The van der Waals surface area contributed by atoms with Crippen LogP contribution in [0.15, 0.2) is 24.3 Å². The quantitative estimate of drug-likeness (QED) is 0.840. The van der Waals surface area contributed by atoms with Crippen LogP contribution in [0.1, 0.15) is 32.3 Å². The first-order valence-electron chi connectivity index (χ1n) is 5.65. The van der Waals surface area contributed by atoms with E-state index in [1.807, 2.05) is 31.2 Å². The number of hydrogen-bond acceptors (Lipinski definition) is 1. The molecule has 0 aliphatic carbocycles. The summed E-state index contributed by atoms with van der Waals surface area (Å²) in [5.74, 6) is 0.115. The van der Waals surface area contributed by atoms with Crippen LogP contribution in [-0.2, 0) is 11.2 Å². The molecule has 0 unspecified atom stereocenters. The first-order chi connectivity index (χ1) is 7.61. The van der Waals surface area contributed by atoms with Crippen LogP contribution in [0.5, 0.6) is 0 Å². The first kappa shape index (κ1) is 13.0. The SMILES string of the molecule is CC[C@H](C)NC(=O)CCc1ccc(Cl)cc1. The molecule has 1 aromatic rings. The summed E-state index contributed by atoms with van der Waals surface area (Å²) in [5.41, 5.74) is 1.14. The topological polar surface area (TPSA) is 29.1 Å². The number of benzene rings is 1. The zero-order valence-corrected chi connectivity index (χ0v) is 10.6. The van der Waals surface area contributed by atoms with Crippen molar-refractivity contribution in [2.45, 2.75) is 39.2 Å². The summed E-state index contributed by atoms with van der Waals surface area (Å²) in [7, 11) is 0. The Morgan fingerprint density at radius 2 is 2.00 bits per heavy atom. The minimum atomic E-state index is 0.115. The highest BCUT2D eigenvalue weighted by molar-refractivity contribution is 6.30. The monoisotopic (exact) mass is 239 g/mol. The van der Waals surface area contributed by atoms with E-state index in [4.69, 9.17) is 11.6 Å². The van der Waals surface area contributed by atoms with Crippen LogP contribution in [0, 0.1) is 0 Å². The number of amides is 1. The zero-order chi connectivity index (χ0) is 12.0. The molecule has 0 aliphatic rings. The van der Waals surface area contributed by atoms with Gasteiger partial charge < -0.3 is 5.32 Å². The number of carbonyl (C=O) groups is 1. The minimum absolute atomic E-state index is 0.115. The fourth-order valence-corrected chi connectivity index (χ4v) is 1.48. The third-order valence-electron chi connectivity index (χ3n) is 2.57. The number of nitrogens with one attached hydrogen (secondary N) is 1. The third kappa shape index (κ3) is 4.67. The summed E-state index contributed by atoms with van der Waals surface area (Å²) in [6, 6.07) is 7.88. The fraction of sp³-hybridized carbons (Fsp3) is 0.462. The van der Waals surface area contributed by atoms with Gasteiger partial charge in [-0.1, -0.05) is 30.7 Å². The molecule has 16 heavy (non-hydrogen) atoms. The molecule has 88 valence electrons. The average Bonchev–Trinajstić information content (AvgIpc) is 2.28. The van der Waals surface area contributed by atoms with Crippen molar-refractivity contribution in [3.8, 4) is 0 Å². The molecule has 0 saturated heterocycles. The molecule has 0 fully saturated rings. The molecule has 3 heteroatoms. The molecule has 1 N–H and O–H groups in total. The maximum atomic E-state index is 11.5. The molecule has 0 aromatic heterocycles. The lowest BCUT2D eigenvalue weighted by Crippen LogP contribution is -2.31. The number of rotatable bonds is 5. The second kappa shape index (κ2) is 6.54. The summed E-state index contributed by atoms with van der Waals surface area (Å²) in [4.78, 5) is 11.5. The van der Waals surface area contributed by atoms with Crippen molar-refractivity contribution in [1.82, 2.24) is 5.32 Å². The van der Waals surface area contributed by atoms with Crippen molar-refractivity contribution >= 4 is 17.5 Å². The Morgan fingerprint density at radius 1 is 1.38 bits per heavy atom. The lowest BCUT2D eigenvalue weighted by atomic mass is 10.1. The van der Waals surface area contributed by atoms with E-state index in [0.29, 0.717) is 6.42 Å². The van der Waals surface area contributed by atoms with Crippen LogP contribution in [-0.4, -0.2) is 11.9 Å². The van der Waals surface area contributed by atoms with E-state index in [1.165, 1.54) is 0 Å². The van der Waals surface area contributed by atoms with E-state index in [2.05, 4.69) is 12.2 Å². The van der Waals surface area contributed by atoms with Gasteiger partial charge in [0.05, 0.1) is 0 Å². The zero-order valence-electron chi connectivity index (χ0n) is 9.79. The molecule has 1 rings (SSSR count). The van der Waals surface area contributed by atoms with Gasteiger partial charge in [-0.15, -0.1) is 0 Å². The first-order valence-corrected chi connectivity index (χ1v) is 6.03. The number of hydrogen-bond donors (Lipinski definition) is 1. The van der Waals surface area contributed by atoms with Crippen molar-refractivity contribution in [3.05, 3.63) is 34.9 Å². The lowest BCUT2D eigenvalue weighted by Gasteiger charge is -2.11. The summed E-state index contributed by atoms with van der Waals surface area (Å²) in [5, 5.41) is 3.68. The molecule has 1 atom stereocenters. The van der Waals surface area contributed by atoms with E-state index >= 15 is 0 Å². The third-order valence-corrected chi connectivity index (χ3v) is 2.83. The van der Waals surface area contributed by atoms with Crippen molar-refractivity contribution in [1.29, 1.82) is 0 Å². The van der Waals surface area contributed by atoms with Gasteiger partial charge in [-0.05, 0) is 37.5 Å². The van der Waals surface area contributed by atoms with Crippen LogP contribution in [0.25, 0.3) is 0 Å². The predicted octanol–water partition coefficient (Wildman–Crippen LogP) is 3.19. The Kier molecular flexibility index (Phi) is 5.33. The van der Waals surface area contributed by atoms with Crippen LogP contribution < -0.4 is 5.32 Å². The number of carbonyl (C=O) groups excluding carboxylic acids is 1. The van der Waals surface area contributed by atoms with Crippen molar-refractivity contribution in [2.75, 3.05) is 0 Å². The predicted molar refractivity (Wildman–Crippen MR) is 67.7 cm³/mol. The van der Waals surface area contributed by atoms with Gasteiger partial charge in [0, 0.05) is 17.5 Å². The maximum absolute atomic E-state index is 11.5. The van der Waals surface area contributed by atoms with Gasteiger partial charge in [-0.25, -0.2) is 0 Å². The van der Waals surface area contributed by atoms with E-state index < -0.39 is 0 Å². The highest BCUT2D eigenvalue weighted by atomic mass is 35.5. The second-order valence-electron chi connectivity index (χ2n) is 4.00. The normalized spacial score (nSPS) is 12.2. The van der Waals surface area contributed by atoms with Gasteiger partial charge in [0.1, 0.15) is 0 Å². The van der Waals surface area contributed by atoms with Gasteiger partial charge in [0.2, 0.25) is 5.91 Å². The van der Waals surface area contributed by atoms with E-state index in [-0.39, 0.29) is 11.9 Å². The van der Waals surface area contributed by atoms with Gasteiger partial charge in [-0.2, -0.15) is 0 Å². The maximum Gasteiger partial charge on any atom is 0.220 e. The highest BCUT2D eigenvalue weighted by Crippen LogP contribution is 2.10. The molecule has 0 bridgehead atoms. The van der Waals surface area contributed by atoms with Crippen LogP contribution >= 0.6 is 11.6 Å². The molecule has 0 spiro atoms. The summed E-state index contributed by atoms with van der Waals surface area (Å²) in [6.07, 6.45) is 2.26. The van der Waals surface area contributed by atoms with E-state index in [0.717, 1.165) is 23.4 Å². The van der Waals surface area contributed by atoms with Crippen molar-refractivity contribution in [3.63, 3.8) is 0 Å². The van der Waals surface area contributed by atoms with Crippen molar-refractivity contribution in [2.24, 2.45) is 0 Å². The smallest absolute Gasteiger partial charge is 0.220 e. The van der Waals surface area contributed by atoms with Gasteiger partial charge in [0.15, 0.2) is 0 Å². The molecular formula is C13H18ClNO. The molecule has 0 aliphatic heterocycles. The lowest BCUT2D eigenvalue weighted by molar-refractivity contribution is -0.121. The Morgan fingerprint density at radius 3 is 2.56 bits per heavy atom.